The molecule has 2 aromatic rings. The van der Waals surface area contributed by atoms with Gasteiger partial charge in [-0.15, -0.1) is 0 Å². The molecule has 1 aliphatic rings. The van der Waals surface area contributed by atoms with E-state index in [1.54, 1.807) is 28.8 Å². The van der Waals surface area contributed by atoms with Crippen LogP contribution in [0.2, 0.25) is 0 Å². The van der Waals surface area contributed by atoms with Crippen LogP contribution in [0, 0.1) is 12.7 Å². The Morgan fingerprint density at radius 3 is 2.74 bits per heavy atom. The number of rotatable bonds is 5. The van der Waals surface area contributed by atoms with E-state index in [4.69, 9.17) is 0 Å². The van der Waals surface area contributed by atoms with Gasteiger partial charge in [0.2, 0.25) is 0 Å². The molecule has 2 N–H and O–H groups in total. The maximum Gasteiger partial charge on any atom is 0.315 e. The summed E-state index contributed by atoms with van der Waals surface area (Å²) in [6.07, 6.45) is 2.00. The van der Waals surface area contributed by atoms with E-state index < -0.39 is 6.04 Å². The Balaban J connectivity index is 1.51. The standard InChI is InChI=1S/C19H24FN5O2/c1-13-12-17(24(2)23-13)25-11-3-4-16(18(25)26)22-19(27)21-10-9-14-5-7-15(20)8-6-14/h5-8,12,16H,3-4,9-11H2,1-2H3,(H2,21,22,27). The van der Waals surface area contributed by atoms with E-state index >= 15 is 0 Å². The maximum atomic E-state index is 12.9. The van der Waals surface area contributed by atoms with E-state index in [1.807, 2.05) is 13.0 Å². The molecule has 27 heavy (non-hydrogen) atoms. The highest BCUT2D eigenvalue weighted by Gasteiger charge is 2.32. The Kier molecular flexibility index (Phi) is 5.73. The van der Waals surface area contributed by atoms with Crippen LogP contribution in [-0.4, -0.2) is 40.9 Å². The topological polar surface area (TPSA) is 79.3 Å². The first-order valence-electron chi connectivity index (χ1n) is 9.05. The summed E-state index contributed by atoms with van der Waals surface area (Å²) in [7, 11) is 1.80. The zero-order chi connectivity index (χ0) is 19.4. The van der Waals surface area contributed by atoms with Crippen molar-refractivity contribution < 1.29 is 14.0 Å². The number of halogens is 1. The highest BCUT2D eigenvalue weighted by Crippen LogP contribution is 2.21. The summed E-state index contributed by atoms with van der Waals surface area (Å²) in [6.45, 7) is 2.90. The molecule has 1 aromatic carbocycles. The van der Waals surface area contributed by atoms with Crippen LogP contribution in [0.3, 0.4) is 0 Å². The highest BCUT2D eigenvalue weighted by molar-refractivity contribution is 5.99. The van der Waals surface area contributed by atoms with Crippen molar-refractivity contribution in [2.45, 2.75) is 32.2 Å². The Bertz CT molecular complexity index is 818. The lowest BCUT2D eigenvalue weighted by Crippen LogP contribution is -2.55. The molecule has 0 spiro atoms. The fourth-order valence-electron chi connectivity index (χ4n) is 3.27. The van der Waals surface area contributed by atoms with Crippen molar-refractivity contribution in [1.29, 1.82) is 0 Å². The lowest BCUT2D eigenvalue weighted by molar-refractivity contribution is -0.121. The predicted molar refractivity (Wildman–Crippen MR) is 100.0 cm³/mol. The quantitative estimate of drug-likeness (QED) is 0.840. The van der Waals surface area contributed by atoms with Gasteiger partial charge >= 0.3 is 6.03 Å². The number of anilines is 1. The number of hydrogen-bond donors (Lipinski definition) is 2. The van der Waals surface area contributed by atoms with E-state index in [9.17, 15) is 14.0 Å². The van der Waals surface area contributed by atoms with E-state index in [0.717, 1.165) is 23.5 Å². The lowest BCUT2D eigenvalue weighted by atomic mass is 10.0. The molecule has 1 saturated heterocycles. The molecule has 1 fully saturated rings. The molecule has 1 unspecified atom stereocenters. The van der Waals surface area contributed by atoms with Crippen molar-refractivity contribution in [3.05, 3.63) is 47.4 Å². The molecule has 2 heterocycles. The van der Waals surface area contributed by atoms with Crippen molar-refractivity contribution in [3.8, 4) is 0 Å². The van der Waals surface area contributed by atoms with Gasteiger partial charge < -0.3 is 10.6 Å². The van der Waals surface area contributed by atoms with Gasteiger partial charge in [-0.25, -0.2) is 9.18 Å². The van der Waals surface area contributed by atoms with Gasteiger partial charge in [0.15, 0.2) is 0 Å². The van der Waals surface area contributed by atoms with Gasteiger partial charge in [0, 0.05) is 26.2 Å². The molecule has 8 heteroatoms. The third-order valence-electron chi connectivity index (χ3n) is 4.61. The van der Waals surface area contributed by atoms with Gasteiger partial charge in [-0.1, -0.05) is 12.1 Å². The number of aryl methyl sites for hydroxylation is 2. The van der Waals surface area contributed by atoms with Gasteiger partial charge in [-0.3, -0.25) is 14.4 Å². The maximum absolute atomic E-state index is 12.9. The van der Waals surface area contributed by atoms with E-state index in [2.05, 4.69) is 15.7 Å². The molecule has 7 nitrogen and oxygen atoms in total. The number of urea groups is 1. The van der Waals surface area contributed by atoms with Gasteiger partial charge in [-0.05, 0) is 43.9 Å². The van der Waals surface area contributed by atoms with Crippen LogP contribution in [0.15, 0.2) is 30.3 Å². The third-order valence-corrected chi connectivity index (χ3v) is 4.61. The fraction of sp³-hybridized carbons (Fsp3) is 0.421. The Morgan fingerprint density at radius 2 is 2.07 bits per heavy atom. The number of hydrogen-bond acceptors (Lipinski definition) is 3. The largest absolute Gasteiger partial charge is 0.338 e. The normalized spacial score (nSPS) is 17.1. The minimum absolute atomic E-state index is 0.127. The summed E-state index contributed by atoms with van der Waals surface area (Å²) in [4.78, 5) is 26.6. The minimum Gasteiger partial charge on any atom is -0.338 e. The van der Waals surface area contributed by atoms with Crippen LogP contribution in [-0.2, 0) is 18.3 Å². The van der Waals surface area contributed by atoms with Crippen molar-refractivity contribution >= 4 is 17.8 Å². The molecule has 3 rings (SSSR count). The Morgan fingerprint density at radius 1 is 1.33 bits per heavy atom. The van der Waals surface area contributed by atoms with E-state index in [-0.39, 0.29) is 17.8 Å². The summed E-state index contributed by atoms with van der Waals surface area (Å²) in [5, 5.41) is 9.79. The van der Waals surface area contributed by atoms with Crippen LogP contribution in [0.4, 0.5) is 15.0 Å². The van der Waals surface area contributed by atoms with Gasteiger partial charge in [0.1, 0.15) is 17.7 Å². The van der Waals surface area contributed by atoms with Crippen molar-refractivity contribution in [1.82, 2.24) is 20.4 Å². The van der Waals surface area contributed by atoms with Crippen LogP contribution in [0.25, 0.3) is 0 Å². The lowest BCUT2D eigenvalue weighted by Gasteiger charge is -2.32. The molecule has 3 amide bonds. The van der Waals surface area contributed by atoms with Gasteiger partial charge in [0.25, 0.3) is 5.91 Å². The molecule has 0 bridgehead atoms. The zero-order valence-electron chi connectivity index (χ0n) is 15.5. The first-order valence-corrected chi connectivity index (χ1v) is 9.05. The smallest absolute Gasteiger partial charge is 0.315 e. The van der Waals surface area contributed by atoms with Crippen molar-refractivity contribution in [2.75, 3.05) is 18.0 Å². The summed E-state index contributed by atoms with van der Waals surface area (Å²) in [6, 6.07) is 7.10. The third kappa shape index (κ3) is 4.64. The van der Waals surface area contributed by atoms with Gasteiger partial charge in [-0.2, -0.15) is 5.10 Å². The zero-order valence-corrected chi connectivity index (χ0v) is 15.5. The van der Waals surface area contributed by atoms with Crippen LogP contribution >= 0.6 is 0 Å². The number of amides is 3. The number of nitrogens with zero attached hydrogens (tertiary/aromatic N) is 3. The fourth-order valence-corrected chi connectivity index (χ4v) is 3.27. The summed E-state index contributed by atoms with van der Waals surface area (Å²) >= 11 is 0. The second kappa shape index (κ2) is 8.20. The first-order chi connectivity index (χ1) is 12.9. The molecule has 1 atom stereocenters. The number of aromatic nitrogens is 2. The number of benzene rings is 1. The molecule has 0 radical (unpaired) electrons. The molecule has 1 aliphatic heterocycles. The second-order valence-electron chi connectivity index (χ2n) is 6.73. The van der Waals surface area contributed by atoms with Crippen LogP contribution in [0.5, 0.6) is 0 Å². The van der Waals surface area contributed by atoms with Gasteiger partial charge in [0.05, 0.1) is 5.69 Å². The molecule has 1 aromatic heterocycles. The number of carbonyl (C=O) groups is 2. The molecule has 0 aliphatic carbocycles. The van der Waals surface area contributed by atoms with E-state index in [1.165, 1.54) is 12.1 Å². The first kappa shape index (κ1) is 18.9. The van der Waals surface area contributed by atoms with E-state index in [0.29, 0.717) is 25.9 Å². The van der Waals surface area contributed by atoms with Crippen molar-refractivity contribution in [3.63, 3.8) is 0 Å². The molecular formula is C19H24FN5O2. The molecule has 144 valence electrons. The SMILES string of the molecule is Cc1cc(N2CCCC(NC(=O)NCCc3ccc(F)cc3)C2=O)n(C)n1. The Hall–Kier alpha value is -2.90. The number of piperidine rings is 1. The average Bonchev–Trinajstić information content (AvgIpc) is 2.96. The second-order valence-corrected chi connectivity index (χ2v) is 6.73. The van der Waals surface area contributed by atoms with Crippen LogP contribution < -0.4 is 15.5 Å². The Labute approximate surface area is 157 Å². The minimum atomic E-state index is -0.556. The van der Waals surface area contributed by atoms with Crippen molar-refractivity contribution in [2.24, 2.45) is 7.05 Å². The van der Waals surface area contributed by atoms with Crippen LogP contribution in [0.1, 0.15) is 24.1 Å². The monoisotopic (exact) mass is 373 g/mol. The number of carbonyl (C=O) groups excluding carboxylic acids is 2. The predicted octanol–water partition coefficient (Wildman–Crippen LogP) is 1.90. The average molecular weight is 373 g/mol. The summed E-state index contributed by atoms with van der Waals surface area (Å²) in [5.41, 5.74) is 1.78. The highest BCUT2D eigenvalue weighted by atomic mass is 19.1. The summed E-state index contributed by atoms with van der Waals surface area (Å²) in [5.74, 6) is 0.326. The molecular weight excluding hydrogens is 349 g/mol. The molecule has 0 saturated carbocycles. The summed E-state index contributed by atoms with van der Waals surface area (Å²) < 4.78 is 14.6. The number of nitrogens with one attached hydrogen (secondary N) is 2.